The number of anilines is 1. The van der Waals surface area contributed by atoms with Gasteiger partial charge in [0.15, 0.2) is 5.76 Å². The van der Waals surface area contributed by atoms with Gasteiger partial charge in [-0.05, 0) is 24.3 Å². The smallest absolute Gasteiger partial charge is 0.294 e. The molecule has 4 aromatic rings. The number of carbonyl (C=O) groups is 2. The lowest BCUT2D eigenvalue weighted by Crippen LogP contribution is -2.34. The topological polar surface area (TPSA) is 175 Å². The minimum absolute atomic E-state index is 0.167. The zero-order chi connectivity index (χ0) is 34.4. The number of carbonyl (C=O) groups excluding carboxylic acids is 1. The highest BCUT2D eigenvalue weighted by Gasteiger charge is 2.27. The van der Waals surface area contributed by atoms with Gasteiger partial charge in [0.1, 0.15) is 11.5 Å². The van der Waals surface area contributed by atoms with E-state index in [9.17, 15) is 4.79 Å². The molecule has 16 heteroatoms. The van der Waals surface area contributed by atoms with E-state index in [2.05, 4.69) is 10.1 Å². The molecule has 0 radical (unpaired) electrons. The van der Waals surface area contributed by atoms with E-state index in [1.165, 1.54) is 0 Å². The van der Waals surface area contributed by atoms with Crippen molar-refractivity contribution in [3.63, 3.8) is 0 Å². The van der Waals surface area contributed by atoms with E-state index in [-0.39, 0.29) is 31.3 Å². The number of ether oxygens (including phenoxy) is 6. The van der Waals surface area contributed by atoms with Crippen LogP contribution in [-0.2, 0) is 46.3 Å². The molecule has 4 rings (SSSR count). The van der Waals surface area contributed by atoms with Gasteiger partial charge >= 0.3 is 0 Å². The molecule has 0 aliphatic rings. The fourth-order valence-electron chi connectivity index (χ4n) is 4.30. The van der Waals surface area contributed by atoms with E-state index in [4.69, 9.17) is 47.8 Å². The van der Waals surface area contributed by atoms with Crippen molar-refractivity contribution >= 4 is 18.1 Å². The van der Waals surface area contributed by atoms with Crippen LogP contribution < -0.4 is 4.90 Å². The summed E-state index contributed by atoms with van der Waals surface area (Å²) in [6, 6.07) is 8.99. The number of aromatic nitrogens is 5. The van der Waals surface area contributed by atoms with Crippen molar-refractivity contribution in [2.45, 2.75) is 13.1 Å². The second-order valence-corrected chi connectivity index (χ2v) is 9.87. The normalized spacial score (nSPS) is 10.9. The van der Waals surface area contributed by atoms with Crippen LogP contribution >= 0.6 is 0 Å². The summed E-state index contributed by atoms with van der Waals surface area (Å²) in [6.07, 6.45) is 7.06. The fraction of sp³-hybridized carbons (Fsp3) is 0.469. The van der Waals surface area contributed by atoms with E-state index in [0.29, 0.717) is 88.8 Å². The fourth-order valence-corrected chi connectivity index (χ4v) is 4.30. The van der Waals surface area contributed by atoms with Gasteiger partial charge in [-0.1, -0.05) is 6.07 Å². The summed E-state index contributed by atoms with van der Waals surface area (Å²) in [5.41, 5.74) is 2.50. The van der Waals surface area contributed by atoms with Gasteiger partial charge in [-0.3, -0.25) is 28.8 Å². The Morgan fingerprint density at radius 3 is 2.12 bits per heavy atom. The zero-order valence-corrected chi connectivity index (χ0v) is 27.6. The predicted molar refractivity (Wildman–Crippen MR) is 174 cm³/mol. The molecular formula is C32H44N6O10. The second kappa shape index (κ2) is 22.2. The van der Waals surface area contributed by atoms with E-state index in [1.54, 1.807) is 60.1 Å². The molecule has 0 aliphatic carbocycles. The quantitative estimate of drug-likeness (QED) is 0.0954. The van der Waals surface area contributed by atoms with Crippen molar-refractivity contribution in [1.29, 1.82) is 0 Å². The summed E-state index contributed by atoms with van der Waals surface area (Å²) in [5, 5.41) is 16.1. The van der Waals surface area contributed by atoms with Crippen LogP contribution in [0.2, 0.25) is 0 Å². The number of amides is 1. The summed E-state index contributed by atoms with van der Waals surface area (Å²) >= 11 is 0. The largest absolute Gasteiger partial charge is 0.483 e. The Morgan fingerprint density at radius 1 is 0.854 bits per heavy atom. The van der Waals surface area contributed by atoms with Crippen LogP contribution in [0.3, 0.4) is 0 Å². The first-order valence-corrected chi connectivity index (χ1v) is 15.3. The van der Waals surface area contributed by atoms with Crippen molar-refractivity contribution in [2.24, 2.45) is 0 Å². The van der Waals surface area contributed by atoms with Crippen molar-refractivity contribution in [3.05, 3.63) is 60.9 Å². The number of hydrogen-bond donors (Lipinski definition) is 1. The van der Waals surface area contributed by atoms with Crippen LogP contribution in [0, 0.1) is 0 Å². The van der Waals surface area contributed by atoms with Crippen LogP contribution in [0.1, 0.15) is 10.6 Å². The lowest BCUT2D eigenvalue weighted by molar-refractivity contribution is -0.122. The minimum atomic E-state index is -0.344. The number of rotatable bonds is 22. The molecule has 4 aromatic heterocycles. The number of nitrogens with zero attached hydrogens (tertiary/aromatic N) is 6. The molecule has 16 nitrogen and oxygen atoms in total. The molecule has 0 unspecified atom stereocenters. The summed E-state index contributed by atoms with van der Waals surface area (Å²) in [4.78, 5) is 28.5. The number of furan rings is 1. The molecule has 4 heterocycles. The van der Waals surface area contributed by atoms with Gasteiger partial charge in [0, 0.05) is 46.5 Å². The van der Waals surface area contributed by atoms with Crippen molar-refractivity contribution in [3.8, 4) is 22.7 Å². The molecule has 48 heavy (non-hydrogen) atoms. The van der Waals surface area contributed by atoms with Crippen molar-refractivity contribution in [2.75, 3.05) is 92.2 Å². The maximum Gasteiger partial charge on any atom is 0.294 e. The molecule has 0 atom stereocenters. The molecule has 262 valence electrons. The van der Waals surface area contributed by atoms with Crippen LogP contribution in [-0.4, -0.2) is 129 Å². The average Bonchev–Trinajstić information content (AvgIpc) is 3.87. The second-order valence-electron chi connectivity index (χ2n) is 9.87. The maximum atomic E-state index is 14.1. The van der Waals surface area contributed by atoms with Crippen LogP contribution in [0.5, 0.6) is 0 Å². The Kier molecular flexibility index (Phi) is 17.6. The summed E-state index contributed by atoms with van der Waals surface area (Å²) in [7, 11) is 4.88. The number of methoxy groups -OCH3 is 3. The maximum absolute atomic E-state index is 14.1. The molecule has 0 bridgehead atoms. The van der Waals surface area contributed by atoms with Gasteiger partial charge < -0.3 is 37.9 Å². The summed E-state index contributed by atoms with van der Waals surface area (Å²) in [6.45, 7) is 5.12. The molecule has 0 saturated carbocycles. The highest BCUT2D eigenvalue weighted by Crippen LogP contribution is 2.31. The standard InChI is InChI=1S/C31H42N6O8.CH2O2/c1-39-16-19-42-13-10-35-23-25(22-33-35)28-7-8-29(45-28)31(38)37(12-15-44-21-18-41-3)27-24-36(11-14-43-20-17-40-2)34-30(27)26-6-4-5-9-32-26;2-1-3/h4-9,22-24H,10-21H2,1-3H3;1H,(H,2,3). The molecule has 0 aromatic carbocycles. The van der Waals surface area contributed by atoms with Gasteiger partial charge in [-0.2, -0.15) is 10.2 Å². The minimum Gasteiger partial charge on any atom is -0.483 e. The molecular weight excluding hydrogens is 628 g/mol. The molecule has 1 amide bonds. The van der Waals surface area contributed by atoms with Gasteiger partial charge in [0.25, 0.3) is 12.4 Å². The predicted octanol–water partition coefficient (Wildman–Crippen LogP) is 2.74. The molecule has 0 aliphatic heterocycles. The highest BCUT2D eigenvalue weighted by atomic mass is 16.5. The molecule has 0 fully saturated rings. The third-order valence-corrected chi connectivity index (χ3v) is 6.60. The monoisotopic (exact) mass is 672 g/mol. The van der Waals surface area contributed by atoms with Crippen LogP contribution in [0.25, 0.3) is 22.7 Å². The molecule has 0 saturated heterocycles. The number of carboxylic acid groups (broad SMARTS) is 1. The number of pyridine rings is 1. The SMILES string of the molecule is COCCOCCN(C(=O)c1ccc(-c2cnn(CCOCCOC)c2)o1)c1cn(CCOCCOC)nc1-c1ccccn1.O=CO. The van der Waals surface area contributed by atoms with E-state index < -0.39 is 0 Å². The Labute approximate surface area is 279 Å². The zero-order valence-electron chi connectivity index (χ0n) is 27.6. The molecule has 0 spiro atoms. The molecule has 1 N–H and O–H groups in total. The summed E-state index contributed by atoms with van der Waals surface area (Å²) in [5.74, 6) is 0.346. The lowest BCUT2D eigenvalue weighted by Gasteiger charge is -2.21. The van der Waals surface area contributed by atoms with Gasteiger partial charge in [0.2, 0.25) is 0 Å². The Bertz CT molecular complexity index is 1460. The first-order chi connectivity index (χ1) is 23.6. The van der Waals surface area contributed by atoms with Gasteiger partial charge in [-0.25, -0.2) is 0 Å². The lowest BCUT2D eigenvalue weighted by atomic mass is 10.2. The average molecular weight is 673 g/mol. The Hall–Kier alpha value is -4.45. The third kappa shape index (κ3) is 12.3. The van der Waals surface area contributed by atoms with Gasteiger partial charge in [0.05, 0.1) is 95.7 Å². The van der Waals surface area contributed by atoms with Crippen molar-refractivity contribution < 1.29 is 47.5 Å². The Morgan fingerprint density at radius 2 is 1.50 bits per heavy atom. The first-order valence-electron chi connectivity index (χ1n) is 15.3. The number of hydrogen-bond acceptors (Lipinski definition) is 12. The summed E-state index contributed by atoms with van der Waals surface area (Å²) < 4.78 is 41.7. The Balaban J connectivity index is 0.00000201. The van der Waals surface area contributed by atoms with Gasteiger partial charge in [-0.15, -0.1) is 0 Å². The van der Waals surface area contributed by atoms with Crippen LogP contribution in [0.15, 0.2) is 59.5 Å². The van der Waals surface area contributed by atoms with Crippen LogP contribution in [0.4, 0.5) is 5.69 Å². The first kappa shape index (κ1) is 38.0. The highest BCUT2D eigenvalue weighted by molar-refractivity contribution is 6.06. The van der Waals surface area contributed by atoms with E-state index in [0.717, 1.165) is 5.56 Å². The van der Waals surface area contributed by atoms with Crippen molar-refractivity contribution in [1.82, 2.24) is 24.5 Å². The third-order valence-electron chi connectivity index (χ3n) is 6.60. The van der Waals surface area contributed by atoms with E-state index in [1.807, 2.05) is 30.6 Å². The van der Waals surface area contributed by atoms with E-state index >= 15 is 0 Å².